The van der Waals surface area contributed by atoms with Crippen molar-refractivity contribution >= 4 is 40.8 Å². The number of halogens is 2. The van der Waals surface area contributed by atoms with Crippen LogP contribution in [-0.4, -0.2) is 27.6 Å². The molecule has 0 aliphatic carbocycles. The van der Waals surface area contributed by atoms with Crippen molar-refractivity contribution in [2.75, 3.05) is 6.54 Å². The topological polar surface area (TPSA) is 70.1 Å². The van der Waals surface area contributed by atoms with E-state index >= 15 is 0 Å². The molecule has 2 N–H and O–H groups in total. The maximum Gasteiger partial charge on any atom is 0.206 e. The van der Waals surface area contributed by atoms with Crippen LogP contribution in [0.4, 0.5) is 0 Å². The molecule has 0 fully saturated rings. The molecule has 1 aromatic heterocycles. The predicted octanol–water partition coefficient (Wildman–Crippen LogP) is 4.74. The van der Waals surface area contributed by atoms with Gasteiger partial charge >= 0.3 is 0 Å². The fourth-order valence-electron chi connectivity index (χ4n) is 2.30. The Bertz CT molecular complexity index is 1040. The Balaban J connectivity index is 2.11. The Morgan fingerprint density at radius 2 is 1.96 bits per heavy atom. The molecule has 0 aliphatic rings. The molecule has 3 rings (SSSR count). The minimum atomic E-state index is -0.0652. The average molecular weight is 408 g/mol. The van der Waals surface area contributed by atoms with Gasteiger partial charge in [-0.1, -0.05) is 23.2 Å². The lowest BCUT2D eigenvalue weighted by molar-refractivity contribution is 0.450. The number of hydrogen-bond donors (Lipinski definition) is 2. The van der Waals surface area contributed by atoms with E-state index < -0.39 is 0 Å². The second-order valence-corrected chi connectivity index (χ2v) is 6.98. The van der Waals surface area contributed by atoms with Crippen molar-refractivity contribution in [3.8, 4) is 22.8 Å². The van der Waals surface area contributed by atoms with Crippen LogP contribution in [0.1, 0.15) is 12.5 Å². The van der Waals surface area contributed by atoms with Crippen LogP contribution in [-0.2, 0) is 0 Å². The van der Waals surface area contributed by atoms with E-state index in [0.29, 0.717) is 27.0 Å². The zero-order valence-electron chi connectivity index (χ0n) is 13.7. The number of thiazole rings is 1. The number of benzene rings is 2. The summed E-state index contributed by atoms with van der Waals surface area (Å²) in [5.74, 6) is -0.0808. The predicted molar refractivity (Wildman–Crippen MR) is 107 cm³/mol. The Morgan fingerprint density at radius 3 is 2.65 bits per heavy atom. The van der Waals surface area contributed by atoms with Gasteiger partial charge in [0, 0.05) is 34.1 Å². The summed E-state index contributed by atoms with van der Waals surface area (Å²) in [7, 11) is 0. The summed E-state index contributed by atoms with van der Waals surface area (Å²) in [5, 5.41) is 26.8. The quantitative estimate of drug-likeness (QED) is 0.613. The van der Waals surface area contributed by atoms with Crippen molar-refractivity contribution in [3.63, 3.8) is 0 Å². The highest BCUT2D eigenvalue weighted by Gasteiger charge is 2.11. The van der Waals surface area contributed by atoms with Crippen LogP contribution < -0.4 is 4.80 Å². The molecule has 2 aromatic carbocycles. The summed E-state index contributed by atoms with van der Waals surface area (Å²) in [5.41, 5.74) is 2.01. The fraction of sp³-hybridized carbons (Fsp3) is 0.111. The van der Waals surface area contributed by atoms with Crippen LogP contribution in [0.3, 0.4) is 0 Å². The highest BCUT2D eigenvalue weighted by Crippen LogP contribution is 2.30. The molecule has 0 atom stereocenters. The molecule has 0 amide bonds. The highest BCUT2D eigenvalue weighted by molar-refractivity contribution is 7.07. The van der Waals surface area contributed by atoms with E-state index in [4.69, 9.17) is 23.2 Å². The van der Waals surface area contributed by atoms with Gasteiger partial charge in [-0.25, -0.2) is 4.68 Å². The van der Waals surface area contributed by atoms with Crippen molar-refractivity contribution in [1.29, 1.82) is 0 Å². The molecule has 134 valence electrons. The minimum Gasteiger partial charge on any atom is -0.508 e. The first-order valence-electron chi connectivity index (χ1n) is 7.72. The molecule has 0 radical (unpaired) electrons. The number of aromatic nitrogens is 1. The van der Waals surface area contributed by atoms with Crippen LogP contribution in [0, 0.1) is 0 Å². The standard InChI is InChI=1S/C18H15Cl2N3O2S/c1-2-21-18-23(22-9-11-3-5-13(24)8-17(11)25)16(10-26-18)14-6-4-12(19)7-15(14)20/h3-10,24-25H,2H2,1H3. The van der Waals surface area contributed by atoms with Crippen LogP contribution in [0.2, 0.25) is 10.0 Å². The van der Waals surface area contributed by atoms with Crippen LogP contribution in [0.25, 0.3) is 11.3 Å². The van der Waals surface area contributed by atoms with E-state index in [1.807, 2.05) is 18.4 Å². The Kier molecular flexibility index (Phi) is 5.66. The maximum absolute atomic E-state index is 9.94. The third-order valence-corrected chi connectivity index (χ3v) is 4.91. The van der Waals surface area contributed by atoms with Crippen molar-refractivity contribution < 1.29 is 10.2 Å². The first-order chi connectivity index (χ1) is 12.5. The van der Waals surface area contributed by atoms with Crippen LogP contribution in [0.5, 0.6) is 11.5 Å². The lowest BCUT2D eigenvalue weighted by Gasteiger charge is -2.06. The largest absolute Gasteiger partial charge is 0.508 e. The fourth-order valence-corrected chi connectivity index (χ4v) is 3.70. The van der Waals surface area contributed by atoms with Gasteiger partial charge in [0.15, 0.2) is 0 Å². The van der Waals surface area contributed by atoms with Crippen molar-refractivity contribution in [2.45, 2.75) is 6.92 Å². The Hall–Kier alpha value is -2.28. The zero-order chi connectivity index (χ0) is 18.7. The second-order valence-electron chi connectivity index (χ2n) is 5.30. The summed E-state index contributed by atoms with van der Waals surface area (Å²) >= 11 is 13.8. The first-order valence-corrected chi connectivity index (χ1v) is 9.36. The molecule has 1 heterocycles. The van der Waals surface area contributed by atoms with Gasteiger partial charge in [0.25, 0.3) is 0 Å². The van der Waals surface area contributed by atoms with Gasteiger partial charge in [-0.2, -0.15) is 5.10 Å². The monoisotopic (exact) mass is 407 g/mol. The lowest BCUT2D eigenvalue weighted by atomic mass is 10.2. The minimum absolute atomic E-state index is 0.0156. The number of rotatable bonds is 4. The Morgan fingerprint density at radius 1 is 1.15 bits per heavy atom. The van der Waals surface area contributed by atoms with Gasteiger partial charge in [0.2, 0.25) is 4.80 Å². The zero-order valence-corrected chi connectivity index (χ0v) is 16.1. The summed E-state index contributed by atoms with van der Waals surface area (Å²) in [6.07, 6.45) is 1.50. The number of hydrogen-bond acceptors (Lipinski definition) is 5. The molecule has 5 nitrogen and oxygen atoms in total. The number of nitrogens with zero attached hydrogens (tertiary/aromatic N) is 3. The molecule has 0 spiro atoms. The van der Waals surface area contributed by atoms with E-state index in [2.05, 4.69) is 10.1 Å². The van der Waals surface area contributed by atoms with E-state index in [1.54, 1.807) is 22.9 Å². The van der Waals surface area contributed by atoms with E-state index in [0.717, 1.165) is 11.3 Å². The van der Waals surface area contributed by atoms with Gasteiger partial charge in [-0.15, -0.1) is 11.3 Å². The number of aromatic hydroxyl groups is 2. The van der Waals surface area contributed by atoms with Gasteiger partial charge < -0.3 is 10.2 Å². The molecule has 0 bridgehead atoms. The van der Waals surface area contributed by atoms with Crippen molar-refractivity contribution in [1.82, 2.24) is 4.68 Å². The van der Waals surface area contributed by atoms with Crippen LogP contribution in [0.15, 0.2) is 51.9 Å². The van der Waals surface area contributed by atoms with E-state index in [9.17, 15) is 10.2 Å². The molecule has 8 heteroatoms. The molecular formula is C18H15Cl2N3O2S. The second kappa shape index (κ2) is 7.95. The van der Waals surface area contributed by atoms with Gasteiger partial charge in [-0.05, 0) is 37.3 Å². The highest BCUT2D eigenvalue weighted by atomic mass is 35.5. The molecular weight excluding hydrogens is 393 g/mol. The summed E-state index contributed by atoms with van der Waals surface area (Å²) in [6, 6.07) is 9.57. The molecule has 3 aromatic rings. The molecule has 0 saturated heterocycles. The third kappa shape index (κ3) is 3.93. The molecule has 0 saturated carbocycles. The summed E-state index contributed by atoms with van der Waals surface area (Å²) in [4.78, 5) is 5.14. The SMILES string of the molecule is CCN=c1scc(-c2ccc(Cl)cc2Cl)n1N=Cc1ccc(O)cc1O. The lowest BCUT2D eigenvalue weighted by Crippen LogP contribution is -2.12. The van der Waals surface area contributed by atoms with E-state index in [-0.39, 0.29) is 11.5 Å². The number of phenolic OH excluding ortho intramolecular Hbond substituents is 2. The molecule has 0 unspecified atom stereocenters. The third-order valence-electron chi connectivity index (χ3n) is 3.51. The average Bonchev–Trinajstić information content (AvgIpc) is 2.97. The van der Waals surface area contributed by atoms with Crippen LogP contribution >= 0.6 is 34.5 Å². The first kappa shape index (κ1) is 18.5. The molecule has 0 aliphatic heterocycles. The summed E-state index contributed by atoms with van der Waals surface area (Å²) < 4.78 is 1.66. The molecule has 26 heavy (non-hydrogen) atoms. The smallest absolute Gasteiger partial charge is 0.206 e. The van der Waals surface area contributed by atoms with E-state index in [1.165, 1.54) is 29.7 Å². The number of phenols is 2. The van der Waals surface area contributed by atoms with Crippen molar-refractivity contribution in [3.05, 3.63) is 62.2 Å². The van der Waals surface area contributed by atoms with Crippen molar-refractivity contribution in [2.24, 2.45) is 10.1 Å². The van der Waals surface area contributed by atoms with Gasteiger partial charge in [0.1, 0.15) is 11.5 Å². The van der Waals surface area contributed by atoms with Gasteiger partial charge in [0.05, 0.1) is 16.9 Å². The normalized spacial score (nSPS) is 12.2. The Labute approximate surface area is 164 Å². The maximum atomic E-state index is 9.94. The van der Waals surface area contributed by atoms with Gasteiger partial charge in [-0.3, -0.25) is 4.99 Å². The summed E-state index contributed by atoms with van der Waals surface area (Å²) in [6.45, 7) is 2.54.